The number of esters is 1. The third kappa shape index (κ3) is 11.0. The third-order valence-electron chi connectivity index (χ3n) is 8.85. The molecule has 0 bridgehead atoms. The minimum absolute atomic E-state index is 0.0553. The molecule has 0 saturated carbocycles. The van der Waals surface area contributed by atoms with E-state index in [-0.39, 0.29) is 38.3 Å². The smallest absolute Gasteiger partial charge is 0.335 e. The number of amides is 4. The lowest BCUT2D eigenvalue weighted by Crippen LogP contribution is -2.61. The molecule has 0 radical (unpaired) electrons. The molecule has 2 saturated heterocycles. The van der Waals surface area contributed by atoms with Crippen molar-refractivity contribution >= 4 is 45.7 Å². The standard InChI is InChI=1S/C33H43N3O17S/c1-2-26(40)51-16-19-7-6-18(13-22(19)52-33-29(43)27(41)28(42)30(53-33)32(45)46)5-3-4-10-34-23(37)15-35-20(17-50-11-12-54(47,48)49)14-21(31(35)44)36-24(38)8-9-25(36)39/h6-9,13,20-21,27-30,33,41-43H,2-5,10-12,14-17H2,1H3,(H,34,37)(H,45,46)(H,47,48,49)/t20-,21-,27-,28-,29+,30-,33+/m0/s1. The van der Waals surface area contributed by atoms with Crippen LogP contribution in [0.25, 0.3) is 0 Å². The van der Waals surface area contributed by atoms with Crippen LogP contribution in [0.5, 0.6) is 5.75 Å². The molecule has 54 heavy (non-hydrogen) atoms. The molecule has 3 aliphatic heterocycles. The third-order valence-corrected chi connectivity index (χ3v) is 9.53. The number of benzene rings is 1. The number of carbonyl (C=O) groups excluding carboxylic acids is 5. The number of hydrogen-bond acceptors (Lipinski definition) is 15. The lowest BCUT2D eigenvalue weighted by Gasteiger charge is -2.38. The normalized spacial score (nSPS) is 25.6. The number of nitrogens with one attached hydrogen (secondary N) is 1. The number of carboxylic acids is 1. The Balaban J connectivity index is 1.34. The maximum atomic E-state index is 13.3. The zero-order chi connectivity index (χ0) is 39.7. The zero-order valence-corrected chi connectivity index (χ0v) is 30.0. The van der Waals surface area contributed by atoms with Crippen molar-refractivity contribution < 1.29 is 81.1 Å². The van der Waals surface area contributed by atoms with Gasteiger partial charge in [-0.1, -0.05) is 19.1 Å². The average molecular weight is 786 g/mol. The van der Waals surface area contributed by atoms with E-state index in [2.05, 4.69) is 5.32 Å². The van der Waals surface area contributed by atoms with Gasteiger partial charge in [-0.15, -0.1) is 0 Å². The van der Waals surface area contributed by atoms with Gasteiger partial charge < -0.3 is 49.6 Å². The first-order valence-corrected chi connectivity index (χ1v) is 18.6. The number of hydrogen-bond donors (Lipinski definition) is 6. The lowest BCUT2D eigenvalue weighted by molar-refractivity contribution is -0.271. The number of aliphatic carboxylic acids is 1. The van der Waals surface area contributed by atoms with Gasteiger partial charge in [-0.05, 0) is 30.9 Å². The Morgan fingerprint density at radius 2 is 1.72 bits per heavy atom. The SMILES string of the molecule is CCC(=O)OCc1ccc(CCCCNC(=O)CN2C(=O)[C@@H](N3C(=O)C=CC3=O)C[C@H]2COCCS(=O)(=O)O)cc1O[C@@H]1O[C@H](C(=O)O)[C@@H](O)[C@H](O)[C@H]1O. The minimum atomic E-state index is -4.31. The molecule has 2 fully saturated rings. The highest BCUT2D eigenvalue weighted by molar-refractivity contribution is 7.85. The first-order valence-electron chi connectivity index (χ1n) is 17.0. The number of aliphatic hydroxyl groups excluding tert-OH is 3. The number of ether oxygens (including phenoxy) is 4. The maximum Gasteiger partial charge on any atom is 0.335 e. The van der Waals surface area contributed by atoms with Crippen LogP contribution in [0.4, 0.5) is 0 Å². The summed E-state index contributed by atoms with van der Waals surface area (Å²) in [4.78, 5) is 76.0. The summed E-state index contributed by atoms with van der Waals surface area (Å²) in [6.45, 7) is 0.483. The molecule has 21 heteroatoms. The Bertz CT molecular complexity index is 1700. The first-order chi connectivity index (χ1) is 25.5. The van der Waals surface area contributed by atoms with Gasteiger partial charge in [-0.3, -0.25) is 33.4 Å². The van der Waals surface area contributed by atoms with Gasteiger partial charge in [0, 0.05) is 37.1 Å². The van der Waals surface area contributed by atoms with Crippen LogP contribution in [-0.2, 0) is 66.1 Å². The second-order valence-electron chi connectivity index (χ2n) is 12.7. The second kappa shape index (κ2) is 18.7. The molecule has 0 unspecified atom stereocenters. The van der Waals surface area contributed by atoms with Gasteiger partial charge in [-0.2, -0.15) is 8.42 Å². The summed E-state index contributed by atoms with van der Waals surface area (Å²) in [5.74, 6) is -5.33. The number of carboxylic acid groups (broad SMARTS) is 1. The van der Waals surface area contributed by atoms with Crippen LogP contribution >= 0.6 is 0 Å². The zero-order valence-electron chi connectivity index (χ0n) is 29.1. The first kappa shape index (κ1) is 42.2. The summed E-state index contributed by atoms with van der Waals surface area (Å²) >= 11 is 0. The van der Waals surface area contributed by atoms with E-state index in [9.17, 15) is 57.6 Å². The molecule has 0 aromatic heterocycles. The molecule has 4 rings (SSSR count). The predicted molar refractivity (Wildman–Crippen MR) is 180 cm³/mol. The molecule has 298 valence electrons. The summed E-state index contributed by atoms with van der Waals surface area (Å²) in [6.07, 6.45) is -5.77. The summed E-state index contributed by atoms with van der Waals surface area (Å²) in [7, 11) is -4.31. The largest absolute Gasteiger partial charge is 0.479 e. The molecule has 0 spiro atoms. The minimum Gasteiger partial charge on any atom is -0.479 e. The van der Waals surface area contributed by atoms with Gasteiger partial charge in [0.15, 0.2) is 6.10 Å². The molecular formula is C33H43N3O17S. The van der Waals surface area contributed by atoms with Gasteiger partial charge in [0.1, 0.15) is 36.7 Å². The van der Waals surface area contributed by atoms with Crippen molar-refractivity contribution in [3.63, 3.8) is 0 Å². The van der Waals surface area contributed by atoms with Crippen molar-refractivity contribution in [1.82, 2.24) is 15.1 Å². The molecule has 3 heterocycles. The van der Waals surface area contributed by atoms with Crippen molar-refractivity contribution in [3.8, 4) is 5.75 Å². The fraction of sp³-hybridized carbons (Fsp3) is 0.576. The number of nitrogens with zero attached hydrogens (tertiary/aromatic N) is 2. The average Bonchev–Trinajstić information content (AvgIpc) is 3.60. The highest BCUT2D eigenvalue weighted by Gasteiger charge is 2.49. The molecule has 3 aliphatic rings. The van der Waals surface area contributed by atoms with E-state index in [4.69, 9.17) is 23.5 Å². The van der Waals surface area contributed by atoms with Crippen LogP contribution in [-0.4, -0.2) is 154 Å². The summed E-state index contributed by atoms with van der Waals surface area (Å²) in [5, 5.41) is 42.7. The molecule has 7 atom stereocenters. The van der Waals surface area contributed by atoms with E-state index in [1.165, 1.54) is 0 Å². The Hall–Kier alpha value is -4.51. The Kier molecular flexibility index (Phi) is 14.6. The predicted octanol–water partition coefficient (Wildman–Crippen LogP) is -2.35. The topological polar surface area (TPSA) is 293 Å². The van der Waals surface area contributed by atoms with Crippen LogP contribution in [0.15, 0.2) is 30.4 Å². The fourth-order valence-electron chi connectivity index (χ4n) is 5.95. The second-order valence-corrected chi connectivity index (χ2v) is 14.3. The van der Waals surface area contributed by atoms with Gasteiger partial charge in [0.2, 0.25) is 18.1 Å². The quantitative estimate of drug-likeness (QED) is 0.0370. The number of aryl methyl sites for hydroxylation is 1. The van der Waals surface area contributed by atoms with Crippen LogP contribution in [0.1, 0.15) is 43.7 Å². The summed E-state index contributed by atoms with van der Waals surface area (Å²) in [6, 6.07) is 2.88. The number of rotatable bonds is 19. The molecule has 1 aromatic carbocycles. The van der Waals surface area contributed by atoms with E-state index in [0.29, 0.717) is 30.4 Å². The van der Waals surface area contributed by atoms with Crippen LogP contribution in [0.3, 0.4) is 0 Å². The van der Waals surface area contributed by atoms with Crippen LogP contribution in [0.2, 0.25) is 0 Å². The highest BCUT2D eigenvalue weighted by Crippen LogP contribution is 2.29. The highest BCUT2D eigenvalue weighted by atomic mass is 32.2. The van der Waals surface area contributed by atoms with Gasteiger partial charge in [0.25, 0.3) is 21.9 Å². The van der Waals surface area contributed by atoms with Crippen molar-refractivity contribution in [2.24, 2.45) is 0 Å². The molecule has 4 amide bonds. The number of imide groups is 1. The number of likely N-dealkylation sites (tertiary alicyclic amines) is 1. The van der Waals surface area contributed by atoms with Crippen LogP contribution < -0.4 is 10.1 Å². The fourth-order valence-corrected chi connectivity index (χ4v) is 6.28. The van der Waals surface area contributed by atoms with Crippen molar-refractivity contribution in [2.75, 3.05) is 32.1 Å². The van der Waals surface area contributed by atoms with E-state index in [1.807, 2.05) is 0 Å². The van der Waals surface area contributed by atoms with Gasteiger partial charge in [-0.25, -0.2) is 4.79 Å². The number of unbranched alkanes of at least 4 members (excludes halogenated alkanes) is 1. The van der Waals surface area contributed by atoms with Gasteiger partial charge >= 0.3 is 11.9 Å². The molecular weight excluding hydrogens is 742 g/mol. The summed E-state index contributed by atoms with van der Waals surface area (Å²) in [5.41, 5.74) is 1.03. The molecule has 0 aliphatic carbocycles. The maximum absolute atomic E-state index is 13.3. The Labute approximate surface area is 309 Å². The summed E-state index contributed by atoms with van der Waals surface area (Å²) < 4.78 is 52.5. The van der Waals surface area contributed by atoms with E-state index in [0.717, 1.165) is 22.0 Å². The van der Waals surface area contributed by atoms with Gasteiger partial charge in [0.05, 0.1) is 31.6 Å². The Morgan fingerprint density at radius 1 is 1.02 bits per heavy atom. The van der Waals surface area contributed by atoms with Crippen molar-refractivity contribution in [2.45, 2.75) is 88.4 Å². The van der Waals surface area contributed by atoms with E-state index < -0.39 is 107 Å². The Morgan fingerprint density at radius 3 is 2.37 bits per heavy atom. The van der Waals surface area contributed by atoms with Crippen LogP contribution in [0, 0.1) is 0 Å². The number of aliphatic hydroxyl groups is 3. The molecule has 20 nitrogen and oxygen atoms in total. The molecule has 1 aromatic rings. The van der Waals surface area contributed by atoms with Crippen molar-refractivity contribution in [1.29, 1.82) is 0 Å². The van der Waals surface area contributed by atoms with Crippen molar-refractivity contribution in [3.05, 3.63) is 41.5 Å². The number of carbonyl (C=O) groups is 6. The van der Waals surface area contributed by atoms with E-state index >= 15 is 0 Å². The monoisotopic (exact) mass is 785 g/mol. The molecule has 6 N–H and O–H groups in total. The van der Waals surface area contributed by atoms with E-state index in [1.54, 1.807) is 25.1 Å². The lowest BCUT2D eigenvalue weighted by atomic mass is 9.99.